The maximum atomic E-state index is 11.6. The van der Waals surface area contributed by atoms with Gasteiger partial charge in [0.2, 0.25) is 10.0 Å². The van der Waals surface area contributed by atoms with E-state index in [4.69, 9.17) is 0 Å². The van der Waals surface area contributed by atoms with Crippen molar-refractivity contribution in [1.29, 1.82) is 0 Å². The number of nitrogens with one attached hydrogen (secondary N) is 3. The predicted octanol–water partition coefficient (Wildman–Crippen LogP) is 2.16. The van der Waals surface area contributed by atoms with Crippen molar-refractivity contribution < 1.29 is 8.42 Å². The molecule has 0 heterocycles. The number of benzene rings is 2. The Morgan fingerprint density at radius 2 is 1.52 bits per heavy atom. The van der Waals surface area contributed by atoms with Crippen LogP contribution in [0.3, 0.4) is 0 Å². The first-order chi connectivity index (χ1) is 13.0. The lowest BCUT2D eigenvalue weighted by molar-refractivity contribution is 0.587. The smallest absolute Gasteiger partial charge is 0.215 e. The summed E-state index contributed by atoms with van der Waals surface area (Å²) in [5.41, 5.74) is 4.40. The second-order valence-electron chi connectivity index (χ2n) is 6.18. The van der Waals surface area contributed by atoms with Crippen LogP contribution in [0.4, 0.5) is 0 Å². The third kappa shape index (κ3) is 6.69. The molecule has 0 radical (unpaired) electrons. The van der Waals surface area contributed by atoms with Crippen molar-refractivity contribution >= 4 is 16.0 Å². The van der Waals surface area contributed by atoms with Gasteiger partial charge in [-0.25, -0.2) is 13.1 Å². The minimum atomic E-state index is -3.25. The van der Waals surface area contributed by atoms with Crippen LogP contribution in [0.15, 0.2) is 53.5 Å². The van der Waals surface area contributed by atoms with Gasteiger partial charge >= 0.3 is 0 Å². The maximum absolute atomic E-state index is 11.6. The molecular weight excluding hydrogens is 360 g/mol. The van der Waals surface area contributed by atoms with Gasteiger partial charge in [0, 0.05) is 20.1 Å². The zero-order valence-electron chi connectivity index (χ0n) is 16.1. The molecular formula is C20H28N4O2S. The normalized spacial score (nSPS) is 12.0. The van der Waals surface area contributed by atoms with Crippen molar-refractivity contribution in [2.75, 3.05) is 14.1 Å². The van der Waals surface area contributed by atoms with Crippen molar-refractivity contribution in [1.82, 2.24) is 15.4 Å². The highest BCUT2D eigenvalue weighted by Gasteiger charge is 2.08. The van der Waals surface area contributed by atoms with Gasteiger partial charge in [0.25, 0.3) is 0 Å². The lowest BCUT2D eigenvalue weighted by Gasteiger charge is -2.14. The largest absolute Gasteiger partial charge is 0.352 e. The molecule has 2 rings (SSSR count). The van der Waals surface area contributed by atoms with E-state index in [2.05, 4.69) is 45.5 Å². The molecule has 3 N–H and O–H groups in total. The van der Waals surface area contributed by atoms with Crippen LogP contribution in [-0.2, 0) is 35.3 Å². The van der Waals surface area contributed by atoms with E-state index < -0.39 is 10.0 Å². The average molecular weight is 389 g/mol. The van der Waals surface area contributed by atoms with E-state index in [-0.39, 0.29) is 5.75 Å². The first-order valence-corrected chi connectivity index (χ1v) is 10.6. The standard InChI is InChI=1S/C20H28N4O2S/c1-4-18-7-5-6-8-19(18)14-24-20(21-2)23-13-16-9-11-17(12-10-16)15-27(25,26)22-3/h5-12,22H,4,13-15H2,1-3H3,(H2,21,23,24). The van der Waals surface area contributed by atoms with Gasteiger partial charge in [-0.05, 0) is 35.7 Å². The average Bonchev–Trinajstić information content (AvgIpc) is 2.69. The van der Waals surface area contributed by atoms with Gasteiger partial charge in [0.05, 0.1) is 5.75 Å². The fourth-order valence-corrected chi connectivity index (χ4v) is 3.48. The van der Waals surface area contributed by atoms with Crippen molar-refractivity contribution in [2.45, 2.75) is 32.2 Å². The van der Waals surface area contributed by atoms with Gasteiger partial charge in [-0.1, -0.05) is 55.5 Å². The quantitative estimate of drug-likeness (QED) is 0.478. The van der Waals surface area contributed by atoms with Crippen molar-refractivity contribution in [3.05, 3.63) is 70.8 Å². The Kier molecular flexibility index (Phi) is 7.82. The van der Waals surface area contributed by atoms with Crippen LogP contribution < -0.4 is 15.4 Å². The molecule has 6 nitrogen and oxygen atoms in total. The number of hydrogen-bond acceptors (Lipinski definition) is 3. The third-order valence-corrected chi connectivity index (χ3v) is 5.66. The Labute approximate surface area is 162 Å². The second kappa shape index (κ2) is 10.1. The highest BCUT2D eigenvalue weighted by atomic mass is 32.2. The number of aryl methyl sites for hydroxylation is 1. The van der Waals surface area contributed by atoms with E-state index >= 15 is 0 Å². The molecule has 0 saturated carbocycles. The van der Waals surface area contributed by atoms with Gasteiger partial charge in [0.15, 0.2) is 5.96 Å². The summed E-state index contributed by atoms with van der Waals surface area (Å²) in [4.78, 5) is 4.26. The third-order valence-electron chi connectivity index (χ3n) is 4.32. The summed E-state index contributed by atoms with van der Waals surface area (Å²) in [6, 6.07) is 15.9. The first-order valence-electron chi connectivity index (χ1n) is 8.97. The minimum Gasteiger partial charge on any atom is -0.352 e. The molecule has 0 fully saturated rings. The molecule has 27 heavy (non-hydrogen) atoms. The number of guanidine groups is 1. The molecule has 2 aromatic rings. The SMILES string of the molecule is CCc1ccccc1CNC(=NC)NCc1ccc(CS(=O)(=O)NC)cc1. The fraction of sp³-hybridized carbons (Fsp3) is 0.350. The zero-order chi connectivity index (χ0) is 19.7. The Balaban J connectivity index is 1.88. The molecule has 0 aliphatic rings. The first kappa shape index (κ1) is 20.9. The molecule has 2 aromatic carbocycles. The molecule has 0 aromatic heterocycles. The number of hydrogen-bond donors (Lipinski definition) is 3. The lowest BCUT2D eigenvalue weighted by Crippen LogP contribution is -2.36. The molecule has 0 saturated heterocycles. The number of aliphatic imine (C=N–C) groups is 1. The highest BCUT2D eigenvalue weighted by Crippen LogP contribution is 2.09. The minimum absolute atomic E-state index is 0.0166. The molecule has 0 unspecified atom stereocenters. The van der Waals surface area contributed by atoms with Crippen LogP contribution in [0.1, 0.15) is 29.2 Å². The van der Waals surface area contributed by atoms with Crippen LogP contribution in [0.2, 0.25) is 0 Å². The van der Waals surface area contributed by atoms with Gasteiger partial charge in [-0.15, -0.1) is 0 Å². The van der Waals surface area contributed by atoms with Crippen molar-refractivity contribution in [3.8, 4) is 0 Å². The summed E-state index contributed by atoms with van der Waals surface area (Å²) >= 11 is 0. The van der Waals surface area contributed by atoms with Crippen LogP contribution >= 0.6 is 0 Å². The summed E-state index contributed by atoms with van der Waals surface area (Å²) in [6.45, 7) is 3.47. The number of rotatable bonds is 8. The highest BCUT2D eigenvalue weighted by molar-refractivity contribution is 7.88. The molecule has 0 atom stereocenters. The van der Waals surface area contributed by atoms with Gasteiger partial charge in [-0.3, -0.25) is 4.99 Å². The van der Waals surface area contributed by atoms with Crippen LogP contribution in [0.25, 0.3) is 0 Å². The summed E-state index contributed by atoms with van der Waals surface area (Å²) in [6.07, 6.45) is 1.000. The molecule has 7 heteroatoms. The predicted molar refractivity (Wildman–Crippen MR) is 111 cm³/mol. The summed E-state index contributed by atoms with van der Waals surface area (Å²) in [5.74, 6) is 0.708. The topological polar surface area (TPSA) is 82.6 Å². The number of sulfonamides is 1. The summed E-state index contributed by atoms with van der Waals surface area (Å²) in [5, 5.41) is 6.61. The van der Waals surface area contributed by atoms with E-state index in [9.17, 15) is 8.42 Å². The van der Waals surface area contributed by atoms with E-state index in [0.717, 1.165) is 23.5 Å². The lowest BCUT2D eigenvalue weighted by atomic mass is 10.1. The van der Waals surface area contributed by atoms with E-state index in [1.807, 2.05) is 30.3 Å². The monoisotopic (exact) mass is 388 g/mol. The fourth-order valence-electron chi connectivity index (χ4n) is 2.71. The second-order valence-corrected chi connectivity index (χ2v) is 8.11. The summed E-state index contributed by atoms with van der Waals surface area (Å²) < 4.78 is 25.5. The van der Waals surface area contributed by atoms with Gasteiger partial charge in [-0.2, -0.15) is 0 Å². The van der Waals surface area contributed by atoms with E-state index in [1.165, 1.54) is 18.2 Å². The van der Waals surface area contributed by atoms with E-state index in [1.54, 1.807) is 7.05 Å². The number of nitrogens with zero attached hydrogens (tertiary/aromatic N) is 1. The Hall–Kier alpha value is -2.38. The molecule has 146 valence electrons. The molecule has 0 bridgehead atoms. The van der Waals surface area contributed by atoms with Crippen molar-refractivity contribution in [2.24, 2.45) is 4.99 Å². The van der Waals surface area contributed by atoms with Gasteiger partial charge in [0.1, 0.15) is 0 Å². The van der Waals surface area contributed by atoms with Crippen LogP contribution in [-0.4, -0.2) is 28.5 Å². The molecule has 0 amide bonds. The Morgan fingerprint density at radius 3 is 2.11 bits per heavy atom. The van der Waals surface area contributed by atoms with Crippen LogP contribution in [0.5, 0.6) is 0 Å². The van der Waals surface area contributed by atoms with Crippen LogP contribution in [0, 0.1) is 0 Å². The molecule has 0 aliphatic heterocycles. The van der Waals surface area contributed by atoms with Gasteiger partial charge < -0.3 is 10.6 Å². The zero-order valence-corrected chi connectivity index (χ0v) is 16.9. The summed E-state index contributed by atoms with van der Waals surface area (Å²) in [7, 11) is -0.0848. The maximum Gasteiger partial charge on any atom is 0.215 e. The molecule has 0 spiro atoms. The van der Waals surface area contributed by atoms with Crippen molar-refractivity contribution in [3.63, 3.8) is 0 Å². The van der Waals surface area contributed by atoms with E-state index in [0.29, 0.717) is 13.1 Å². The molecule has 0 aliphatic carbocycles. The Morgan fingerprint density at radius 1 is 0.926 bits per heavy atom. The Bertz CT molecular complexity index is 862.